The lowest BCUT2D eigenvalue weighted by atomic mass is 10.1. The lowest BCUT2D eigenvalue weighted by Crippen LogP contribution is -1.93. The minimum atomic E-state index is -0.00745. The van der Waals surface area contributed by atoms with Crippen LogP contribution in [0.15, 0.2) is 71.4 Å². The van der Waals surface area contributed by atoms with E-state index in [9.17, 15) is 4.79 Å². The summed E-state index contributed by atoms with van der Waals surface area (Å²) in [5.41, 5.74) is 2.48. The third-order valence-corrected chi connectivity index (χ3v) is 2.96. The molecule has 0 aliphatic rings. The van der Waals surface area contributed by atoms with Gasteiger partial charge in [-0.15, -0.1) is 0 Å². The Morgan fingerprint density at radius 1 is 1.00 bits per heavy atom. The molecule has 0 spiro atoms. The molecule has 3 aromatic rings. The molecule has 1 heterocycles. The van der Waals surface area contributed by atoms with Crippen LogP contribution in [0.25, 0.3) is 17.0 Å². The largest absolute Gasteiger partial charge is 0.464 e. The minimum Gasteiger partial charge on any atom is -0.464 e. The Bertz CT molecular complexity index is 736. The van der Waals surface area contributed by atoms with Crippen molar-refractivity contribution in [3.05, 3.63) is 78.1 Å². The van der Waals surface area contributed by atoms with E-state index in [2.05, 4.69) is 0 Å². The van der Waals surface area contributed by atoms with Gasteiger partial charge in [-0.2, -0.15) is 0 Å². The number of ketones is 1. The van der Waals surface area contributed by atoms with Gasteiger partial charge in [0.2, 0.25) is 0 Å². The zero-order valence-electron chi connectivity index (χ0n) is 10.2. The SMILES string of the molecule is O=C(C=Cc1ccccc1)c1ccc2occc2c1. The predicted octanol–water partition coefficient (Wildman–Crippen LogP) is 4.33. The van der Waals surface area contributed by atoms with E-state index in [4.69, 9.17) is 4.42 Å². The van der Waals surface area contributed by atoms with Gasteiger partial charge in [-0.3, -0.25) is 4.79 Å². The van der Waals surface area contributed by atoms with E-state index in [1.807, 2.05) is 54.6 Å². The summed E-state index contributed by atoms with van der Waals surface area (Å²) in [5, 5.41) is 0.943. The third kappa shape index (κ3) is 2.47. The molecule has 0 saturated carbocycles. The highest BCUT2D eigenvalue weighted by molar-refractivity contribution is 6.08. The van der Waals surface area contributed by atoms with Gasteiger partial charge in [0.25, 0.3) is 0 Å². The quantitative estimate of drug-likeness (QED) is 0.510. The first kappa shape index (κ1) is 11.5. The van der Waals surface area contributed by atoms with Gasteiger partial charge in [-0.1, -0.05) is 36.4 Å². The van der Waals surface area contributed by atoms with E-state index >= 15 is 0 Å². The van der Waals surface area contributed by atoms with Crippen LogP contribution >= 0.6 is 0 Å². The lowest BCUT2D eigenvalue weighted by molar-refractivity contribution is 0.104. The fourth-order valence-electron chi connectivity index (χ4n) is 1.95. The first-order chi connectivity index (χ1) is 9.33. The van der Waals surface area contributed by atoms with Crippen molar-refractivity contribution in [3.8, 4) is 0 Å². The number of furan rings is 1. The second-order valence-corrected chi connectivity index (χ2v) is 4.28. The number of hydrogen-bond donors (Lipinski definition) is 0. The summed E-state index contributed by atoms with van der Waals surface area (Å²) in [7, 11) is 0. The van der Waals surface area contributed by atoms with Crippen LogP contribution in [-0.2, 0) is 0 Å². The van der Waals surface area contributed by atoms with Gasteiger partial charge in [0.15, 0.2) is 5.78 Å². The Morgan fingerprint density at radius 3 is 2.68 bits per heavy atom. The molecule has 0 atom stereocenters. The van der Waals surface area contributed by atoms with E-state index in [0.29, 0.717) is 5.56 Å². The maximum atomic E-state index is 12.1. The highest BCUT2D eigenvalue weighted by atomic mass is 16.3. The molecule has 0 aliphatic carbocycles. The molecule has 2 nitrogen and oxygen atoms in total. The van der Waals surface area contributed by atoms with E-state index < -0.39 is 0 Å². The number of rotatable bonds is 3. The summed E-state index contributed by atoms with van der Waals surface area (Å²) in [6.45, 7) is 0. The van der Waals surface area contributed by atoms with Crippen molar-refractivity contribution in [2.24, 2.45) is 0 Å². The van der Waals surface area contributed by atoms with Crippen LogP contribution in [0.4, 0.5) is 0 Å². The van der Waals surface area contributed by atoms with Crippen molar-refractivity contribution < 1.29 is 9.21 Å². The van der Waals surface area contributed by atoms with Crippen LogP contribution in [0.1, 0.15) is 15.9 Å². The molecular formula is C17H12O2. The fourth-order valence-corrected chi connectivity index (χ4v) is 1.95. The minimum absolute atomic E-state index is 0.00745. The molecule has 3 rings (SSSR count). The van der Waals surface area contributed by atoms with E-state index in [0.717, 1.165) is 16.5 Å². The average molecular weight is 248 g/mol. The number of allylic oxidation sites excluding steroid dienone is 1. The molecular weight excluding hydrogens is 236 g/mol. The van der Waals surface area contributed by atoms with Crippen LogP contribution in [-0.4, -0.2) is 5.78 Å². The summed E-state index contributed by atoms with van der Waals surface area (Å²) in [6.07, 6.45) is 5.04. The maximum absolute atomic E-state index is 12.1. The molecule has 0 saturated heterocycles. The Kier molecular flexibility index (Phi) is 2.99. The zero-order valence-corrected chi connectivity index (χ0v) is 10.2. The summed E-state index contributed by atoms with van der Waals surface area (Å²) in [6, 6.07) is 17.1. The number of fused-ring (bicyclic) bond motifs is 1. The smallest absolute Gasteiger partial charge is 0.185 e. The van der Waals surface area contributed by atoms with Crippen LogP contribution in [0.5, 0.6) is 0 Å². The first-order valence-corrected chi connectivity index (χ1v) is 6.08. The maximum Gasteiger partial charge on any atom is 0.185 e. The van der Waals surface area contributed by atoms with Crippen molar-refractivity contribution in [1.82, 2.24) is 0 Å². The summed E-state index contributed by atoms with van der Waals surface area (Å²) in [5.74, 6) is -0.00745. The van der Waals surface area contributed by atoms with Gasteiger partial charge >= 0.3 is 0 Å². The number of carbonyl (C=O) groups excluding carboxylic acids is 1. The second kappa shape index (κ2) is 4.94. The molecule has 0 fully saturated rings. The Balaban J connectivity index is 1.85. The topological polar surface area (TPSA) is 30.2 Å². The van der Waals surface area contributed by atoms with Gasteiger partial charge in [0, 0.05) is 10.9 Å². The van der Waals surface area contributed by atoms with Crippen molar-refractivity contribution >= 4 is 22.8 Å². The number of carbonyl (C=O) groups is 1. The zero-order chi connectivity index (χ0) is 13.1. The van der Waals surface area contributed by atoms with Gasteiger partial charge in [0.1, 0.15) is 5.58 Å². The van der Waals surface area contributed by atoms with Crippen LogP contribution in [0.2, 0.25) is 0 Å². The molecule has 0 amide bonds. The molecule has 0 radical (unpaired) electrons. The lowest BCUT2D eigenvalue weighted by Gasteiger charge is -1.96. The molecule has 2 heteroatoms. The van der Waals surface area contributed by atoms with E-state index in [1.54, 1.807) is 18.4 Å². The van der Waals surface area contributed by atoms with Gasteiger partial charge in [0.05, 0.1) is 6.26 Å². The Morgan fingerprint density at radius 2 is 1.84 bits per heavy atom. The molecule has 1 aromatic heterocycles. The molecule has 2 aromatic carbocycles. The molecule has 92 valence electrons. The van der Waals surface area contributed by atoms with Crippen LogP contribution in [0, 0.1) is 0 Å². The number of benzene rings is 2. The Hall–Kier alpha value is -2.61. The van der Waals surface area contributed by atoms with Crippen molar-refractivity contribution in [3.63, 3.8) is 0 Å². The normalized spacial score (nSPS) is 11.2. The second-order valence-electron chi connectivity index (χ2n) is 4.28. The molecule has 19 heavy (non-hydrogen) atoms. The molecule has 0 bridgehead atoms. The summed E-state index contributed by atoms with van der Waals surface area (Å²) >= 11 is 0. The van der Waals surface area contributed by atoms with E-state index in [1.165, 1.54) is 0 Å². The van der Waals surface area contributed by atoms with Crippen LogP contribution in [0.3, 0.4) is 0 Å². The van der Waals surface area contributed by atoms with E-state index in [-0.39, 0.29) is 5.78 Å². The average Bonchev–Trinajstić information content (AvgIpc) is 2.93. The highest BCUT2D eigenvalue weighted by Gasteiger charge is 2.04. The predicted molar refractivity (Wildman–Crippen MR) is 76.0 cm³/mol. The van der Waals surface area contributed by atoms with Gasteiger partial charge < -0.3 is 4.42 Å². The van der Waals surface area contributed by atoms with Crippen molar-refractivity contribution in [1.29, 1.82) is 0 Å². The highest BCUT2D eigenvalue weighted by Crippen LogP contribution is 2.17. The third-order valence-electron chi connectivity index (χ3n) is 2.96. The fraction of sp³-hybridized carbons (Fsp3) is 0. The summed E-state index contributed by atoms with van der Waals surface area (Å²) in [4.78, 5) is 12.1. The summed E-state index contributed by atoms with van der Waals surface area (Å²) < 4.78 is 5.25. The van der Waals surface area contributed by atoms with Gasteiger partial charge in [-0.05, 0) is 35.9 Å². The first-order valence-electron chi connectivity index (χ1n) is 6.08. The molecule has 0 aliphatic heterocycles. The van der Waals surface area contributed by atoms with Crippen molar-refractivity contribution in [2.45, 2.75) is 0 Å². The van der Waals surface area contributed by atoms with Crippen molar-refractivity contribution in [2.75, 3.05) is 0 Å². The standard InChI is InChI=1S/C17H12O2/c18-16(8-6-13-4-2-1-3-5-13)14-7-9-17-15(12-14)10-11-19-17/h1-12H. The van der Waals surface area contributed by atoms with Gasteiger partial charge in [-0.25, -0.2) is 0 Å². The monoisotopic (exact) mass is 248 g/mol. The molecule has 0 N–H and O–H groups in total. The van der Waals surface area contributed by atoms with Crippen LogP contribution < -0.4 is 0 Å². The Labute approximate surface area is 111 Å². The number of hydrogen-bond acceptors (Lipinski definition) is 2. The molecule has 0 unspecified atom stereocenters.